The van der Waals surface area contributed by atoms with Gasteiger partial charge in [0.25, 0.3) is 0 Å². The molecule has 0 saturated heterocycles. The van der Waals surface area contributed by atoms with Gasteiger partial charge in [-0.15, -0.1) is 0 Å². The molecule has 0 spiro atoms. The number of pyridine rings is 3. The number of hydrogen-bond acceptors (Lipinski definition) is 7. The van der Waals surface area contributed by atoms with Crippen molar-refractivity contribution in [3.8, 4) is 47.1 Å². The Hall–Kier alpha value is -5.77. The van der Waals surface area contributed by atoms with Crippen LogP contribution in [0, 0.1) is 55.7 Å². The fourth-order valence-corrected chi connectivity index (χ4v) is 2.94. The number of aromatic nitrogens is 3. The van der Waals surface area contributed by atoms with Gasteiger partial charge >= 0.3 is 0 Å². The van der Waals surface area contributed by atoms with Crippen molar-refractivity contribution in [3.05, 3.63) is 112 Å². The molecule has 0 bridgehead atoms. The van der Waals surface area contributed by atoms with Crippen LogP contribution in [0.2, 0.25) is 0 Å². The summed E-state index contributed by atoms with van der Waals surface area (Å²) in [6.45, 7) is 0. The fourth-order valence-electron chi connectivity index (χ4n) is 2.94. The largest absolute Gasteiger partial charge is 0.618 e. The Morgan fingerprint density at radius 3 is 1.26 bits per heavy atom. The highest BCUT2D eigenvalue weighted by atomic mass is 16.5. The zero-order chi connectivity index (χ0) is 24.5. The van der Waals surface area contributed by atoms with Crippen LogP contribution in [0.3, 0.4) is 0 Å². The van der Waals surface area contributed by atoms with Crippen LogP contribution in [0.5, 0.6) is 0 Å². The van der Waals surface area contributed by atoms with E-state index in [1.807, 2.05) is 0 Å². The molecule has 3 heterocycles. The van der Waals surface area contributed by atoms with E-state index < -0.39 is 0 Å². The minimum Gasteiger partial charge on any atom is -0.618 e. The topological polar surface area (TPSA) is 162 Å². The van der Waals surface area contributed by atoms with Gasteiger partial charge in [0.1, 0.15) is 35.7 Å². The quantitative estimate of drug-likeness (QED) is 0.340. The van der Waals surface area contributed by atoms with E-state index in [0.29, 0.717) is 22.8 Å². The molecule has 1 aromatic carbocycles. The molecule has 0 fully saturated rings. The molecule has 0 radical (unpaired) electrons. The highest BCUT2D eigenvalue weighted by molar-refractivity contribution is 5.59. The maximum atomic E-state index is 11.7. The van der Waals surface area contributed by atoms with Crippen molar-refractivity contribution in [2.45, 2.75) is 0 Å². The third-order valence-corrected chi connectivity index (χ3v) is 4.56. The van der Waals surface area contributed by atoms with Crippen LogP contribution in [0.15, 0.2) is 79.1 Å². The van der Waals surface area contributed by atoms with E-state index >= 15 is 0 Å². The Bertz CT molecular complexity index is 1380. The first kappa shape index (κ1) is 22.9. The lowest BCUT2D eigenvalue weighted by atomic mass is 10.0. The highest BCUT2D eigenvalue weighted by Crippen LogP contribution is 2.18. The van der Waals surface area contributed by atoms with Crippen LogP contribution >= 0.6 is 0 Å². The van der Waals surface area contributed by atoms with Gasteiger partial charge in [0.15, 0.2) is 12.4 Å². The van der Waals surface area contributed by atoms with Gasteiger partial charge in [-0.25, -0.2) is 4.98 Å². The molecule has 4 rings (SSSR count). The second-order valence-electron chi connectivity index (χ2n) is 6.62. The number of rotatable bonds is 2. The molecule has 0 aliphatic carbocycles. The van der Waals surface area contributed by atoms with E-state index in [1.54, 1.807) is 78.9 Å². The predicted octanol–water partition coefficient (Wildman–Crippen LogP) is 2.86. The van der Waals surface area contributed by atoms with Crippen molar-refractivity contribution in [1.82, 2.24) is 4.98 Å². The van der Waals surface area contributed by atoms with Crippen molar-refractivity contribution in [3.63, 3.8) is 0 Å². The molecule has 160 valence electrons. The van der Waals surface area contributed by atoms with E-state index in [2.05, 4.69) is 4.98 Å². The Balaban J connectivity index is 0.000000204. The van der Waals surface area contributed by atoms with Crippen LogP contribution in [0.4, 0.5) is 0 Å². The Morgan fingerprint density at radius 2 is 0.941 bits per heavy atom. The summed E-state index contributed by atoms with van der Waals surface area (Å²) in [5.74, 6) is 0. The van der Waals surface area contributed by atoms with Gasteiger partial charge in [-0.1, -0.05) is 6.07 Å². The zero-order valence-corrected chi connectivity index (χ0v) is 17.5. The molecular weight excluding hydrogens is 430 g/mol. The first-order valence-electron chi connectivity index (χ1n) is 9.65. The lowest BCUT2D eigenvalue weighted by Gasteiger charge is -2.06. The fraction of sp³-hybridized carbons (Fsp3) is 0. The maximum Gasteiger partial charge on any atom is 0.242 e. The van der Waals surface area contributed by atoms with E-state index in [-0.39, 0.29) is 22.3 Å². The van der Waals surface area contributed by atoms with Crippen LogP contribution in [-0.4, -0.2) is 4.98 Å². The van der Waals surface area contributed by atoms with Crippen LogP contribution in [0.25, 0.3) is 22.8 Å². The Morgan fingerprint density at radius 1 is 0.559 bits per heavy atom. The summed E-state index contributed by atoms with van der Waals surface area (Å²) in [6.07, 6.45) is 2.83. The number of nitriles is 4. The van der Waals surface area contributed by atoms with Crippen molar-refractivity contribution in [2.75, 3.05) is 0 Å². The monoisotopic (exact) mass is 443 g/mol. The number of hydrogen-bond donors (Lipinski definition) is 0. The summed E-state index contributed by atoms with van der Waals surface area (Å²) < 4.78 is 1.50. The van der Waals surface area contributed by atoms with Crippen molar-refractivity contribution < 1.29 is 9.46 Å². The van der Waals surface area contributed by atoms with Gasteiger partial charge in [0.2, 0.25) is 11.4 Å². The molecule has 3 aromatic heterocycles. The molecule has 9 nitrogen and oxygen atoms in total. The standard InChI is InChI=1S/C15H11N3O2.C10H2N4/c19-17-10-3-1-8-14(17)12-6-5-7-13(16-12)15-9-2-4-11-18(15)20;11-3-7-1-8(4-12)10(6-14)2-9(7)5-13/h1-11H;1-2H. The van der Waals surface area contributed by atoms with Gasteiger partial charge in [0, 0.05) is 24.3 Å². The molecule has 0 N–H and O–H groups in total. The summed E-state index contributed by atoms with van der Waals surface area (Å²) in [4.78, 5) is 4.39. The van der Waals surface area contributed by atoms with E-state index in [4.69, 9.17) is 21.0 Å². The SMILES string of the molecule is N#Cc1cc(C#N)c(C#N)cc1C#N.[O-][n+]1ccccc1-c1cccc(-c2cccc[n+]2[O-])n1. The summed E-state index contributed by atoms with van der Waals surface area (Å²) in [5.41, 5.74) is 2.41. The number of nitrogens with zero attached hydrogens (tertiary/aromatic N) is 7. The van der Waals surface area contributed by atoms with E-state index in [1.165, 1.54) is 24.5 Å². The van der Waals surface area contributed by atoms with Gasteiger partial charge < -0.3 is 10.4 Å². The Kier molecular flexibility index (Phi) is 7.08. The normalized spacial score (nSPS) is 9.29. The molecular formula is C25H13N7O2. The third-order valence-electron chi connectivity index (χ3n) is 4.56. The van der Waals surface area contributed by atoms with Crippen LogP contribution in [-0.2, 0) is 0 Å². The van der Waals surface area contributed by atoms with Gasteiger partial charge in [-0.2, -0.15) is 30.5 Å². The third kappa shape index (κ3) is 4.92. The molecule has 0 atom stereocenters. The molecule has 0 unspecified atom stereocenters. The zero-order valence-electron chi connectivity index (χ0n) is 17.5. The smallest absolute Gasteiger partial charge is 0.242 e. The summed E-state index contributed by atoms with van der Waals surface area (Å²) in [5, 5.41) is 58.0. The van der Waals surface area contributed by atoms with E-state index in [0.717, 1.165) is 9.46 Å². The first-order chi connectivity index (χ1) is 16.5. The highest BCUT2D eigenvalue weighted by Gasteiger charge is 2.14. The average Bonchev–Trinajstić information content (AvgIpc) is 2.88. The summed E-state index contributed by atoms with van der Waals surface area (Å²) in [6, 6.07) is 25.1. The maximum absolute atomic E-state index is 11.7. The predicted molar refractivity (Wildman–Crippen MR) is 118 cm³/mol. The average molecular weight is 443 g/mol. The molecule has 0 amide bonds. The second kappa shape index (κ2) is 10.5. The lowest BCUT2D eigenvalue weighted by Crippen LogP contribution is -2.29. The van der Waals surface area contributed by atoms with Gasteiger partial charge in [-0.05, 0) is 36.4 Å². The molecule has 4 aromatic rings. The van der Waals surface area contributed by atoms with Crippen LogP contribution in [0.1, 0.15) is 22.3 Å². The minimum atomic E-state index is 0.114. The summed E-state index contributed by atoms with van der Waals surface area (Å²) in [7, 11) is 0. The lowest BCUT2D eigenvalue weighted by molar-refractivity contribution is -0.594. The van der Waals surface area contributed by atoms with Crippen molar-refractivity contribution in [2.24, 2.45) is 0 Å². The summed E-state index contributed by atoms with van der Waals surface area (Å²) >= 11 is 0. The first-order valence-corrected chi connectivity index (χ1v) is 9.65. The Labute approximate surface area is 194 Å². The molecule has 0 aliphatic rings. The van der Waals surface area contributed by atoms with Crippen molar-refractivity contribution in [1.29, 1.82) is 21.0 Å². The number of benzene rings is 1. The van der Waals surface area contributed by atoms with E-state index in [9.17, 15) is 10.4 Å². The van der Waals surface area contributed by atoms with Gasteiger partial charge in [0.05, 0.1) is 22.3 Å². The van der Waals surface area contributed by atoms with Crippen LogP contribution < -0.4 is 9.46 Å². The molecule has 0 saturated carbocycles. The molecule has 0 aliphatic heterocycles. The second-order valence-corrected chi connectivity index (χ2v) is 6.62. The van der Waals surface area contributed by atoms with Crippen molar-refractivity contribution >= 4 is 0 Å². The molecule has 9 heteroatoms. The molecule has 34 heavy (non-hydrogen) atoms. The minimum absolute atomic E-state index is 0.114. The van der Waals surface area contributed by atoms with Gasteiger partial charge in [-0.3, -0.25) is 0 Å².